The van der Waals surface area contributed by atoms with E-state index < -0.39 is 9.84 Å². The van der Waals surface area contributed by atoms with Crippen molar-refractivity contribution in [3.63, 3.8) is 0 Å². The van der Waals surface area contributed by atoms with Gasteiger partial charge in [-0.25, -0.2) is 23.4 Å². The molecule has 0 bridgehead atoms. The van der Waals surface area contributed by atoms with E-state index in [2.05, 4.69) is 235 Å². The van der Waals surface area contributed by atoms with Crippen molar-refractivity contribution >= 4 is 27.0 Å². The Labute approximate surface area is 472 Å². The molecule has 6 rings (SSSR count). The fourth-order valence-corrected chi connectivity index (χ4v) is 9.85. The van der Waals surface area contributed by atoms with E-state index in [-0.39, 0.29) is 5.41 Å². The van der Waals surface area contributed by atoms with Gasteiger partial charge < -0.3 is 19.5 Å². The van der Waals surface area contributed by atoms with Crippen molar-refractivity contribution in [3.05, 3.63) is 127 Å². The molecule has 11 heteroatoms. The average molecular weight is 1080 g/mol. The molecule has 1 atom stereocenters. The fourth-order valence-electron chi connectivity index (χ4n) is 7.76. The van der Waals surface area contributed by atoms with Crippen LogP contribution in [0.1, 0.15) is 187 Å². The first kappa shape index (κ1) is 70.2. The van der Waals surface area contributed by atoms with Gasteiger partial charge in [0.05, 0.1) is 24.0 Å². The Morgan fingerprint density at radius 3 is 1.66 bits per heavy atom. The minimum Gasteiger partial charge on any atom is -0.469 e. The number of aryl methyl sites for hydroxylation is 2. The Morgan fingerprint density at radius 2 is 1.21 bits per heavy atom. The molecule has 1 aliphatic rings. The van der Waals surface area contributed by atoms with Gasteiger partial charge in [-0.05, 0) is 133 Å². The van der Waals surface area contributed by atoms with Crippen LogP contribution in [-0.2, 0) is 22.7 Å². The van der Waals surface area contributed by atoms with Gasteiger partial charge in [0.25, 0.3) is 0 Å². The van der Waals surface area contributed by atoms with Gasteiger partial charge in [-0.15, -0.1) is 0 Å². The molecule has 1 saturated heterocycles. The molecule has 4 heterocycles. The van der Waals surface area contributed by atoms with Crippen molar-refractivity contribution < 1.29 is 12.8 Å². The maximum absolute atomic E-state index is 11.1. The maximum Gasteiger partial charge on any atom is 0.150 e. The lowest BCUT2D eigenvalue weighted by Crippen LogP contribution is -2.27. The van der Waals surface area contributed by atoms with Crippen molar-refractivity contribution in [1.29, 1.82) is 0 Å². The lowest BCUT2D eigenvalue weighted by molar-refractivity contribution is 0.268. The van der Waals surface area contributed by atoms with E-state index in [0.29, 0.717) is 44.5 Å². The summed E-state index contributed by atoms with van der Waals surface area (Å²) in [6, 6.07) is 25.0. The molecule has 0 saturated carbocycles. The third kappa shape index (κ3) is 37.6. The number of nitrogens with zero attached hydrogens (tertiary/aromatic N) is 6. The molecule has 1 aliphatic heterocycles. The summed E-state index contributed by atoms with van der Waals surface area (Å²) in [6.45, 7) is 48.9. The minimum absolute atomic E-state index is 0.156. The van der Waals surface area contributed by atoms with Gasteiger partial charge >= 0.3 is 0 Å². The first-order valence-corrected chi connectivity index (χ1v) is 30.3. The molecule has 0 spiro atoms. The number of hydrogen-bond acceptors (Lipinski definition) is 10. The zero-order valence-corrected chi connectivity index (χ0v) is 53.5. The van der Waals surface area contributed by atoms with Crippen molar-refractivity contribution in [2.45, 2.75) is 190 Å². The largest absolute Gasteiger partial charge is 0.469 e. The number of benzene rings is 2. The molecule has 0 aliphatic carbocycles. The molecule has 3 aromatic heterocycles. The van der Waals surface area contributed by atoms with Crippen LogP contribution >= 0.6 is 0 Å². The fraction of sp³-hybridized carbons (Fsp3) is 0.636. The minimum atomic E-state index is -2.68. The van der Waals surface area contributed by atoms with Crippen LogP contribution < -0.4 is 15.1 Å². The van der Waals surface area contributed by atoms with Crippen LogP contribution in [0.4, 0.5) is 17.2 Å². The van der Waals surface area contributed by atoms with Gasteiger partial charge in [0.2, 0.25) is 0 Å². The molecular formula is C66H111N7O3S. The number of aromatic nitrogens is 4. The van der Waals surface area contributed by atoms with E-state index in [1.165, 1.54) is 42.6 Å². The highest BCUT2D eigenvalue weighted by atomic mass is 32.2. The zero-order valence-electron chi connectivity index (χ0n) is 52.7. The number of furan rings is 1. The summed E-state index contributed by atoms with van der Waals surface area (Å²) in [4.78, 5) is 21.3. The van der Waals surface area contributed by atoms with E-state index in [1.807, 2.05) is 18.2 Å². The molecule has 5 aromatic rings. The first-order valence-electron chi connectivity index (χ1n) is 28.5. The van der Waals surface area contributed by atoms with Gasteiger partial charge in [0.15, 0.2) is 9.84 Å². The Hall–Kier alpha value is -4.77. The smallest absolute Gasteiger partial charge is 0.150 e. The predicted octanol–water partition coefficient (Wildman–Crippen LogP) is 17.3. The summed E-state index contributed by atoms with van der Waals surface area (Å²) in [6.07, 6.45) is 19.3. The zero-order chi connectivity index (χ0) is 58.6. The van der Waals surface area contributed by atoms with Crippen LogP contribution in [0.25, 0.3) is 0 Å². The van der Waals surface area contributed by atoms with Crippen LogP contribution in [0, 0.1) is 45.3 Å². The molecule has 434 valence electrons. The number of sulfone groups is 1. The summed E-state index contributed by atoms with van der Waals surface area (Å²) >= 11 is 0. The number of nitrogens with one attached hydrogen (secondary N) is 1. The summed E-state index contributed by atoms with van der Waals surface area (Å²) in [7, 11) is -0.525. The topological polar surface area (TPSA) is 117 Å². The predicted molar refractivity (Wildman–Crippen MR) is 334 cm³/mol. The van der Waals surface area contributed by atoms with Crippen LogP contribution in [0.15, 0.2) is 114 Å². The third-order valence-corrected chi connectivity index (χ3v) is 14.6. The highest BCUT2D eigenvalue weighted by molar-refractivity contribution is 7.91. The average Bonchev–Trinajstić information content (AvgIpc) is 3.98. The molecule has 1 N–H and O–H groups in total. The van der Waals surface area contributed by atoms with Gasteiger partial charge in [-0.2, -0.15) is 0 Å². The van der Waals surface area contributed by atoms with Gasteiger partial charge in [-0.1, -0.05) is 161 Å². The molecule has 1 unspecified atom stereocenters. The number of para-hydroxylation sites is 2. The normalized spacial score (nSPS) is 14.3. The molecule has 0 radical (unpaired) electrons. The van der Waals surface area contributed by atoms with E-state index in [1.54, 1.807) is 37.2 Å². The Kier molecular flexibility index (Phi) is 30.7. The van der Waals surface area contributed by atoms with Gasteiger partial charge in [0.1, 0.15) is 17.4 Å². The summed E-state index contributed by atoms with van der Waals surface area (Å²) in [5.74, 6) is 4.06. The number of hydrogen-bond donors (Lipinski definition) is 1. The standard InChI is InChI=1S/C15H25N.C13H21N.C11H18N2.C10H17N3.C9H14O.C8H16O2S/c1-6-16(12-11-15(3,4)5)14-10-8-7-9-13(14)2;1-13(2,3)10-11-14(4)12-8-6-5-7-9-12;1-11(2,3)7-4-6-10-12-8-5-9-13-10;1-10(2,3)4-5-12-9-8-11-6-7-13-9;1-9(2,3)7-8-5-4-6-10-8;1-8(2,3)7-4-5-11(9,10)6-7/h7-10H,6,11-12H2,1-5H3;5-9H,10-11H2,1-4H3;5,8-9H,4,6-7H2,1-3H3;6-8H,4-5H2,1-3H3,(H,12,13);4-6H,7H2,1-3H3;7H,4-6H2,1-3H3. The van der Waals surface area contributed by atoms with E-state index in [4.69, 9.17) is 4.42 Å². The first-order chi connectivity index (χ1) is 35.5. The van der Waals surface area contributed by atoms with Gasteiger partial charge in [0, 0.05) is 82.2 Å². The quantitative estimate of drug-likeness (QED) is 0.115. The Morgan fingerprint density at radius 1 is 0.636 bits per heavy atom. The van der Waals surface area contributed by atoms with Crippen LogP contribution in [-0.4, -0.2) is 73.1 Å². The van der Waals surface area contributed by atoms with Crippen molar-refractivity contribution in [3.8, 4) is 0 Å². The summed E-state index contributed by atoms with van der Waals surface area (Å²) < 4.78 is 27.4. The van der Waals surface area contributed by atoms with E-state index in [0.717, 1.165) is 69.3 Å². The second-order valence-corrected chi connectivity index (χ2v) is 30.2. The molecular weight excluding hydrogens is 971 g/mol. The van der Waals surface area contributed by atoms with E-state index in [9.17, 15) is 8.42 Å². The lowest BCUT2D eigenvalue weighted by atomic mass is 9.81. The van der Waals surface area contributed by atoms with Crippen molar-refractivity contribution in [1.82, 2.24) is 19.9 Å². The van der Waals surface area contributed by atoms with Crippen LogP contribution in [0.3, 0.4) is 0 Å². The second-order valence-electron chi connectivity index (χ2n) is 27.9. The van der Waals surface area contributed by atoms with E-state index >= 15 is 0 Å². The number of rotatable bonds is 14. The van der Waals surface area contributed by atoms with Crippen molar-refractivity contribution in [2.24, 2.45) is 38.4 Å². The Bertz CT molecular complexity index is 2300. The molecule has 77 heavy (non-hydrogen) atoms. The summed E-state index contributed by atoms with van der Waals surface area (Å²) in [5, 5.41) is 3.23. The second kappa shape index (κ2) is 33.6. The molecule has 0 amide bonds. The monoisotopic (exact) mass is 1080 g/mol. The van der Waals surface area contributed by atoms with Crippen molar-refractivity contribution in [2.75, 3.05) is 59.8 Å². The molecule has 1 fully saturated rings. The Balaban J connectivity index is 0.000000465. The highest BCUT2D eigenvalue weighted by Gasteiger charge is 2.35. The number of anilines is 3. The molecule has 10 nitrogen and oxygen atoms in total. The SMILES string of the molecule is CC(C)(C)C1CCS(=O)(=O)C1.CC(C)(C)CCCc1ncccn1.CC(C)(C)CCNc1cnccn1.CC(C)(C)Cc1ccco1.CCN(CCC(C)(C)C)c1ccccc1C.CN(CCC(C)(C)C)c1ccccc1. The third-order valence-electron chi connectivity index (χ3n) is 12.8. The highest BCUT2D eigenvalue weighted by Crippen LogP contribution is 2.34. The van der Waals surface area contributed by atoms with Crippen LogP contribution in [0.2, 0.25) is 0 Å². The van der Waals surface area contributed by atoms with Crippen LogP contribution in [0.5, 0.6) is 0 Å². The van der Waals surface area contributed by atoms with Gasteiger partial charge in [-0.3, -0.25) is 4.98 Å². The molecule has 2 aromatic carbocycles. The lowest BCUT2D eigenvalue weighted by Gasteiger charge is -2.28. The summed E-state index contributed by atoms with van der Waals surface area (Å²) in [5.41, 5.74) is 6.18. The maximum atomic E-state index is 11.1.